The van der Waals surface area contributed by atoms with Crippen molar-refractivity contribution in [3.8, 4) is 0 Å². The Bertz CT molecular complexity index is 694. The lowest BCUT2D eigenvalue weighted by molar-refractivity contribution is 0.0465. The van der Waals surface area contributed by atoms with Crippen molar-refractivity contribution in [1.82, 2.24) is 4.98 Å². The molecule has 0 aliphatic carbocycles. The van der Waals surface area contributed by atoms with E-state index in [-0.39, 0.29) is 12.3 Å². The van der Waals surface area contributed by atoms with Gasteiger partial charge in [0.05, 0.1) is 12.7 Å². The summed E-state index contributed by atoms with van der Waals surface area (Å²) in [4.78, 5) is 27.4. The number of rotatable bonds is 7. The Balaban J connectivity index is 1.89. The number of thiazole rings is 1. The molecule has 1 aromatic heterocycles. The smallest absolute Gasteiger partial charge is 0.358 e. The molecule has 1 heterocycles. The fraction of sp³-hybridized carbons (Fsp3) is 0.188. The van der Waals surface area contributed by atoms with Gasteiger partial charge in [0.1, 0.15) is 6.61 Å². The van der Waals surface area contributed by atoms with Crippen LogP contribution >= 0.6 is 11.3 Å². The SMILES string of the molecule is C=CCNc1nc(C(=O)OCc2ccc(C(=O)OC)cc2)cs1. The number of hydrogen-bond donors (Lipinski definition) is 1. The van der Waals surface area contributed by atoms with Crippen LogP contribution in [0.2, 0.25) is 0 Å². The van der Waals surface area contributed by atoms with Gasteiger partial charge < -0.3 is 14.8 Å². The van der Waals surface area contributed by atoms with Crippen molar-refractivity contribution in [3.05, 3.63) is 59.1 Å². The van der Waals surface area contributed by atoms with Crippen molar-refractivity contribution in [2.45, 2.75) is 6.61 Å². The zero-order valence-corrected chi connectivity index (χ0v) is 13.4. The van der Waals surface area contributed by atoms with Crippen LogP contribution in [-0.4, -0.2) is 30.6 Å². The van der Waals surface area contributed by atoms with Gasteiger partial charge in [0.2, 0.25) is 0 Å². The molecular weight excluding hydrogens is 316 g/mol. The maximum Gasteiger partial charge on any atom is 0.358 e. The van der Waals surface area contributed by atoms with Gasteiger partial charge in [0.15, 0.2) is 10.8 Å². The molecule has 0 atom stereocenters. The molecule has 2 rings (SSSR count). The molecule has 0 spiro atoms. The van der Waals surface area contributed by atoms with E-state index in [4.69, 9.17) is 4.74 Å². The summed E-state index contributed by atoms with van der Waals surface area (Å²) in [6, 6.07) is 6.65. The molecule has 2 aromatic rings. The topological polar surface area (TPSA) is 77.5 Å². The zero-order valence-electron chi connectivity index (χ0n) is 12.6. The lowest BCUT2D eigenvalue weighted by Crippen LogP contribution is -2.07. The fourth-order valence-corrected chi connectivity index (χ4v) is 2.38. The molecule has 7 heteroatoms. The summed E-state index contributed by atoms with van der Waals surface area (Å²) in [5.41, 5.74) is 1.47. The quantitative estimate of drug-likeness (QED) is 0.620. The molecule has 1 aromatic carbocycles. The summed E-state index contributed by atoms with van der Waals surface area (Å²) in [5.74, 6) is -0.902. The molecule has 0 unspecified atom stereocenters. The highest BCUT2D eigenvalue weighted by Crippen LogP contribution is 2.16. The number of nitrogens with one attached hydrogen (secondary N) is 1. The van der Waals surface area contributed by atoms with Gasteiger partial charge in [-0.25, -0.2) is 14.6 Å². The maximum absolute atomic E-state index is 11.9. The van der Waals surface area contributed by atoms with Crippen molar-refractivity contribution < 1.29 is 19.1 Å². The summed E-state index contributed by atoms with van der Waals surface area (Å²) in [6.07, 6.45) is 1.71. The molecule has 23 heavy (non-hydrogen) atoms. The predicted molar refractivity (Wildman–Crippen MR) is 87.7 cm³/mol. The normalized spacial score (nSPS) is 9.96. The van der Waals surface area contributed by atoms with Crippen LogP contribution in [0.25, 0.3) is 0 Å². The third-order valence-electron chi connectivity index (χ3n) is 2.86. The zero-order chi connectivity index (χ0) is 16.7. The first-order valence-electron chi connectivity index (χ1n) is 6.78. The molecule has 0 aliphatic rings. The molecule has 0 fully saturated rings. The number of nitrogens with zero attached hydrogens (tertiary/aromatic N) is 1. The summed E-state index contributed by atoms with van der Waals surface area (Å²) >= 11 is 1.32. The first kappa shape index (κ1) is 16.7. The Kier molecular flexibility index (Phi) is 5.87. The summed E-state index contributed by atoms with van der Waals surface area (Å²) < 4.78 is 9.82. The highest BCUT2D eigenvalue weighted by molar-refractivity contribution is 7.13. The molecule has 1 N–H and O–H groups in total. The molecular formula is C16H16N2O4S. The lowest BCUT2D eigenvalue weighted by Gasteiger charge is -2.04. The molecule has 120 valence electrons. The monoisotopic (exact) mass is 332 g/mol. The second-order valence-corrected chi connectivity index (χ2v) is 5.33. The number of benzene rings is 1. The minimum Gasteiger partial charge on any atom is -0.465 e. The first-order chi connectivity index (χ1) is 11.1. The predicted octanol–water partition coefficient (Wildman–Crippen LogP) is 2.88. The molecule has 0 saturated carbocycles. The van der Waals surface area contributed by atoms with Crippen LogP contribution in [-0.2, 0) is 16.1 Å². The van der Waals surface area contributed by atoms with Gasteiger partial charge in [-0.05, 0) is 17.7 Å². The van der Waals surface area contributed by atoms with Crippen LogP contribution in [0, 0.1) is 0 Å². The average Bonchev–Trinajstić information content (AvgIpc) is 3.06. The van der Waals surface area contributed by atoms with E-state index >= 15 is 0 Å². The number of carbonyl (C=O) groups is 2. The van der Waals surface area contributed by atoms with E-state index < -0.39 is 11.9 Å². The largest absolute Gasteiger partial charge is 0.465 e. The van der Waals surface area contributed by atoms with Gasteiger partial charge in [-0.1, -0.05) is 18.2 Å². The van der Waals surface area contributed by atoms with Gasteiger partial charge in [0, 0.05) is 11.9 Å². The van der Waals surface area contributed by atoms with Crippen LogP contribution in [0.3, 0.4) is 0 Å². The van der Waals surface area contributed by atoms with Gasteiger partial charge in [-0.2, -0.15) is 0 Å². The average molecular weight is 332 g/mol. The highest BCUT2D eigenvalue weighted by atomic mass is 32.1. The fourth-order valence-electron chi connectivity index (χ4n) is 1.69. The van der Waals surface area contributed by atoms with Gasteiger partial charge in [-0.3, -0.25) is 0 Å². The van der Waals surface area contributed by atoms with Crippen molar-refractivity contribution >= 4 is 28.4 Å². The van der Waals surface area contributed by atoms with Crippen LogP contribution in [0.5, 0.6) is 0 Å². The van der Waals surface area contributed by atoms with E-state index in [1.807, 2.05) is 0 Å². The third-order valence-corrected chi connectivity index (χ3v) is 3.66. The number of methoxy groups -OCH3 is 1. The molecule has 0 aliphatic heterocycles. The van der Waals surface area contributed by atoms with Gasteiger partial charge in [-0.15, -0.1) is 17.9 Å². The summed E-state index contributed by atoms with van der Waals surface area (Å²) in [6.45, 7) is 4.28. The minimum absolute atomic E-state index is 0.104. The minimum atomic E-state index is -0.495. The Morgan fingerprint density at radius 2 is 2.04 bits per heavy atom. The van der Waals surface area contributed by atoms with E-state index in [2.05, 4.69) is 21.6 Å². The molecule has 0 bridgehead atoms. The maximum atomic E-state index is 11.9. The third kappa shape index (κ3) is 4.65. The van der Waals surface area contributed by atoms with Crippen molar-refractivity contribution in [1.29, 1.82) is 0 Å². The van der Waals surface area contributed by atoms with Crippen molar-refractivity contribution in [2.75, 3.05) is 19.0 Å². The lowest BCUT2D eigenvalue weighted by atomic mass is 10.1. The van der Waals surface area contributed by atoms with Crippen molar-refractivity contribution in [3.63, 3.8) is 0 Å². The summed E-state index contributed by atoms with van der Waals surface area (Å²) in [5, 5.41) is 5.27. The van der Waals surface area contributed by atoms with E-state index in [9.17, 15) is 9.59 Å². The van der Waals surface area contributed by atoms with Crippen LogP contribution < -0.4 is 5.32 Å². The standard InChI is InChI=1S/C16H16N2O4S/c1-3-8-17-16-18-13(10-23-16)15(20)22-9-11-4-6-12(7-5-11)14(19)21-2/h3-7,10H,1,8-9H2,2H3,(H,17,18). The number of ether oxygens (including phenoxy) is 2. The summed E-state index contributed by atoms with van der Waals surface area (Å²) in [7, 11) is 1.32. The molecule has 0 amide bonds. The molecule has 6 nitrogen and oxygen atoms in total. The van der Waals surface area contributed by atoms with Gasteiger partial charge in [0.25, 0.3) is 0 Å². The Labute approximate surface area is 137 Å². The number of aromatic nitrogens is 1. The number of carbonyl (C=O) groups excluding carboxylic acids is 2. The van der Waals surface area contributed by atoms with E-state index in [0.29, 0.717) is 17.2 Å². The second-order valence-electron chi connectivity index (χ2n) is 4.47. The number of anilines is 1. The number of hydrogen-bond acceptors (Lipinski definition) is 7. The van der Waals surface area contributed by atoms with Gasteiger partial charge >= 0.3 is 11.9 Å². The Hall–Kier alpha value is -2.67. The number of esters is 2. The van der Waals surface area contributed by atoms with E-state index in [1.54, 1.807) is 35.7 Å². The van der Waals surface area contributed by atoms with Crippen LogP contribution in [0.1, 0.15) is 26.4 Å². The second kappa shape index (κ2) is 8.09. The Morgan fingerprint density at radius 1 is 1.30 bits per heavy atom. The first-order valence-corrected chi connectivity index (χ1v) is 7.66. The van der Waals surface area contributed by atoms with E-state index in [1.165, 1.54) is 18.4 Å². The van der Waals surface area contributed by atoms with E-state index in [0.717, 1.165) is 5.56 Å². The van der Waals surface area contributed by atoms with Crippen LogP contribution in [0.4, 0.5) is 5.13 Å². The molecule has 0 radical (unpaired) electrons. The van der Waals surface area contributed by atoms with Crippen LogP contribution in [0.15, 0.2) is 42.3 Å². The van der Waals surface area contributed by atoms with Crippen molar-refractivity contribution in [2.24, 2.45) is 0 Å². The molecule has 0 saturated heterocycles. The highest BCUT2D eigenvalue weighted by Gasteiger charge is 2.12. The Morgan fingerprint density at radius 3 is 2.70 bits per heavy atom.